The van der Waals surface area contributed by atoms with Crippen LogP contribution in [0, 0.1) is 13.8 Å². The van der Waals surface area contributed by atoms with Crippen molar-refractivity contribution in [1.29, 1.82) is 0 Å². The van der Waals surface area contributed by atoms with Gasteiger partial charge in [-0.2, -0.15) is 10.2 Å². The number of rotatable bonds is 5. The fourth-order valence-electron chi connectivity index (χ4n) is 3.79. The smallest absolute Gasteiger partial charge is 0.273 e. The summed E-state index contributed by atoms with van der Waals surface area (Å²) in [5, 5.41) is 14.9. The molecule has 32 heavy (non-hydrogen) atoms. The number of para-hydroxylation sites is 1. The molecule has 1 aromatic carbocycles. The number of carbonyl (C=O) groups excluding carboxylic acids is 2. The molecule has 0 fully saturated rings. The molecule has 9 heteroatoms. The topological polar surface area (TPSA) is 107 Å². The number of fused-ring (bicyclic) bond motifs is 1. The molecule has 0 unspecified atom stereocenters. The van der Waals surface area contributed by atoms with Crippen LogP contribution in [0.15, 0.2) is 36.5 Å². The molecule has 4 rings (SSSR count). The number of aryl methyl sites for hydroxylation is 3. The molecule has 4 aromatic rings. The van der Waals surface area contributed by atoms with E-state index >= 15 is 0 Å². The summed E-state index contributed by atoms with van der Waals surface area (Å²) in [7, 11) is 3.41. The monoisotopic (exact) mass is 431 g/mol. The van der Waals surface area contributed by atoms with Crippen molar-refractivity contribution in [3.8, 4) is 11.3 Å². The third-order valence-electron chi connectivity index (χ3n) is 5.50. The summed E-state index contributed by atoms with van der Waals surface area (Å²) in [6.07, 6.45) is 1.65. The highest BCUT2D eigenvalue weighted by molar-refractivity contribution is 6.14. The van der Waals surface area contributed by atoms with Crippen LogP contribution in [-0.4, -0.2) is 43.4 Å². The SMILES string of the molecule is CCn1cc(NC(=O)c2cc(-c3c(C)nn(C)c3C)nc3ccccc23)c(C(=O)NC)n1. The van der Waals surface area contributed by atoms with Gasteiger partial charge in [0.15, 0.2) is 5.69 Å². The second-order valence-corrected chi connectivity index (χ2v) is 7.52. The van der Waals surface area contributed by atoms with E-state index in [0.29, 0.717) is 29.0 Å². The van der Waals surface area contributed by atoms with Crippen molar-refractivity contribution in [3.05, 3.63) is 59.2 Å². The summed E-state index contributed by atoms with van der Waals surface area (Å²) < 4.78 is 3.41. The number of benzene rings is 1. The molecule has 9 nitrogen and oxygen atoms in total. The second kappa shape index (κ2) is 8.26. The van der Waals surface area contributed by atoms with E-state index in [1.807, 2.05) is 52.1 Å². The Bertz CT molecular complexity index is 1350. The molecule has 164 valence electrons. The number of amides is 2. The number of nitrogens with one attached hydrogen (secondary N) is 2. The number of hydrogen-bond donors (Lipinski definition) is 2. The van der Waals surface area contributed by atoms with Gasteiger partial charge in [0.2, 0.25) is 0 Å². The molecule has 0 aliphatic carbocycles. The van der Waals surface area contributed by atoms with Crippen molar-refractivity contribution in [2.24, 2.45) is 7.05 Å². The van der Waals surface area contributed by atoms with Crippen LogP contribution in [0.2, 0.25) is 0 Å². The van der Waals surface area contributed by atoms with Gasteiger partial charge in [-0.1, -0.05) is 18.2 Å². The Morgan fingerprint density at radius 2 is 1.84 bits per heavy atom. The van der Waals surface area contributed by atoms with E-state index in [9.17, 15) is 9.59 Å². The largest absolute Gasteiger partial charge is 0.354 e. The Morgan fingerprint density at radius 3 is 2.50 bits per heavy atom. The first kappa shape index (κ1) is 21.2. The molecule has 0 radical (unpaired) electrons. The van der Waals surface area contributed by atoms with Gasteiger partial charge in [0.1, 0.15) is 0 Å². The van der Waals surface area contributed by atoms with Crippen molar-refractivity contribution in [2.45, 2.75) is 27.3 Å². The van der Waals surface area contributed by atoms with Crippen molar-refractivity contribution in [1.82, 2.24) is 29.9 Å². The molecule has 0 atom stereocenters. The van der Waals surface area contributed by atoms with Crippen LogP contribution in [-0.2, 0) is 13.6 Å². The van der Waals surface area contributed by atoms with Gasteiger partial charge in [-0.05, 0) is 32.9 Å². The third-order valence-corrected chi connectivity index (χ3v) is 5.50. The minimum Gasteiger partial charge on any atom is -0.354 e. The van der Waals surface area contributed by atoms with Gasteiger partial charge in [-0.3, -0.25) is 19.0 Å². The molecule has 0 aliphatic heterocycles. The first-order valence-electron chi connectivity index (χ1n) is 10.3. The predicted molar refractivity (Wildman–Crippen MR) is 123 cm³/mol. The van der Waals surface area contributed by atoms with Crippen molar-refractivity contribution in [3.63, 3.8) is 0 Å². The molecule has 3 heterocycles. The lowest BCUT2D eigenvalue weighted by molar-refractivity contribution is 0.0958. The highest BCUT2D eigenvalue weighted by Crippen LogP contribution is 2.30. The van der Waals surface area contributed by atoms with Crippen LogP contribution in [0.4, 0.5) is 5.69 Å². The average molecular weight is 432 g/mol. The summed E-state index contributed by atoms with van der Waals surface area (Å²) in [5.41, 5.74) is 5.06. The fraction of sp³-hybridized carbons (Fsp3) is 0.261. The summed E-state index contributed by atoms with van der Waals surface area (Å²) in [6, 6.07) is 9.27. The maximum atomic E-state index is 13.4. The lowest BCUT2D eigenvalue weighted by atomic mass is 10.0. The number of nitrogens with zero attached hydrogens (tertiary/aromatic N) is 5. The second-order valence-electron chi connectivity index (χ2n) is 7.52. The number of hydrogen-bond acceptors (Lipinski definition) is 5. The quantitative estimate of drug-likeness (QED) is 0.505. The highest BCUT2D eigenvalue weighted by Gasteiger charge is 2.21. The maximum Gasteiger partial charge on any atom is 0.273 e. The predicted octanol–water partition coefficient (Wildman–Crippen LogP) is 3.08. The number of pyridine rings is 1. The Balaban J connectivity index is 1.83. The molecule has 0 bridgehead atoms. The van der Waals surface area contributed by atoms with Crippen LogP contribution >= 0.6 is 0 Å². The molecule has 2 amide bonds. The van der Waals surface area contributed by atoms with E-state index < -0.39 is 0 Å². The van der Waals surface area contributed by atoms with Gasteiger partial charge in [0, 0.05) is 43.5 Å². The average Bonchev–Trinajstić information content (AvgIpc) is 3.31. The molecular formula is C23H25N7O2. The van der Waals surface area contributed by atoms with E-state index in [1.54, 1.807) is 21.6 Å². The van der Waals surface area contributed by atoms with Gasteiger partial charge < -0.3 is 10.6 Å². The zero-order chi connectivity index (χ0) is 23.0. The van der Waals surface area contributed by atoms with E-state index in [-0.39, 0.29) is 17.5 Å². The molecule has 0 saturated heterocycles. The van der Waals surface area contributed by atoms with E-state index in [2.05, 4.69) is 20.8 Å². The third kappa shape index (κ3) is 3.62. The van der Waals surface area contributed by atoms with Gasteiger partial charge >= 0.3 is 0 Å². The first-order chi connectivity index (χ1) is 15.3. The van der Waals surface area contributed by atoms with Crippen LogP contribution in [0.25, 0.3) is 22.2 Å². The standard InChI is InChI=1S/C23H25N7O2/c1-6-30-12-19(21(28-30)23(32)24-4)26-22(31)16-11-18(20-13(2)27-29(5)14(20)3)25-17-10-8-7-9-15(16)17/h7-12H,6H2,1-5H3,(H,24,32)(H,26,31). The Labute approximate surface area is 185 Å². The minimum absolute atomic E-state index is 0.167. The molecule has 2 N–H and O–H groups in total. The maximum absolute atomic E-state index is 13.4. The zero-order valence-corrected chi connectivity index (χ0v) is 18.7. The summed E-state index contributed by atoms with van der Waals surface area (Å²) >= 11 is 0. The van der Waals surface area contributed by atoms with Crippen LogP contribution in [0.3, 0.4) is 0 Å². The van der Waals surface area contributed by atoms with Crippen LogP contribution < -0.4 is 10.6 Å². The lowest BCUT2D eigenvalue weighted by Crippen LogP contribution is -2.21. The van der Waals surface area contributed by atoms with E-state index in [1.165, 1.54) is 7.05 Å². The van der Waals surface area contributed by atoms with E-state index in [4.69, 9.17) is 4.98 Å². The summed E-state index contributed by atoms with van der Waals surface area (Å²) in [5.74, 6) is -0.709. The number of anilines is 1. The Morgan fingerprint density at radius 1 is 1.09 bits per heavy atom. The zero-order valence-electron chi connectivity index (χ0n) is 18.7. The number of aromatic nitrogens is 5. The Kier molecular flexibility index (Phi) is 5.48. The number of carbonyl (C=O) groups is 2. The summed E-state index contributed by atoms with van der Waals surface area (Å²) in [6.45, 7) is 6.38. The molecule has 0 spiro atoms. The van der Waals surface area contributed by atoms with Crippen molar-refractivity contribution < 1.29 is 9.59 Å². The van der Waals surface area contributed by atoms with Gasteiger partial charge in [0.25, 0.3) is 11.8 Å². The van der Waals surface area contributed by atoms with E-state index in [0.717, 1.165) is 22.3 Å². The van der Waals surface area contributed by atoms with Crippen molar-refractivity contribution in [2.75, 3.05) is 12.4 Å². The lowest BCUT2D eigenvalue weighted by Gasteiger charge is -2.11. The normalized spacial score (nSPS) is 11.0. The molecular weight excluding hydrogens is 406 g/mol. The highest BCUT2D eigenvalue weighted by atomic mass is 16.2. The molecule has 0 saturated carbocycles. The van der Waals surface area contributed by atoms with Crippen LogP contribution in [0.5, 0.6) is 0 Å². The molecule has 3 aromatic heterocycles. The molecule has 0 aliphatic rings. The van der Waals surface area contributed by atoms with Gasteiger partial charge in [0.05, 0.1) is 28.2 Å². The fourth-order valence-corrected chi connectivity index (χ4v) is 3.79. The van der Waals surface area contributed by atoms with Crippen LogP contribution in [0.1, 0.15) is 39.2 Å². The minimum atomic E-state index is -0.366. The van der Waals surface area contributed by atoms with Gasteiger partial charge in [-0.15, -0.1) is 0 Å². The van der Waals surface area contributed by atoms with Gasteiger partial charge in [-0.25, -0.2) is 4.98 Å². The summed E-state index contributed by atoms with van der Waals surface area (Å²) in [4.78, 5) is 30.5. The van der Waals surface area contributed by atoms with Crippen molar-refractivity contribution >= 4 is 28.4 Å². The first-order valence-corrected chi connectivity index (χ1v) is 10.3. The Hall–Kier alpha value is -4.01.